The van der Waals surface area contributed by atoms with Crippen molar-refractivity contribution in [2.75, 3.05) is 46.6 Å². The van der Waals surface area contributed by atoms with E-state index in [0.29, 0.717) is 32.1 Å². The summed E-state index contributed by atoms with van der Waals surface area (Å²) in [4.78, 5) is 16.3. The molecule has 7 heteroatoms. The van der Waals surface area contributed by atoms with Crippen LogP contribution in [0.2, 0.25) is 0 Å². The highest BCUT2D eigenvalue weighted by Gasteiger charge is 2.25. The number of methoxy groups -OCH3 is 1. The van der Waals surface area contributed by atoms with Crippen LogP contribution in [0, 0.1) is 0 Å². The lowest BCUT2D eigenvalue weighted by Gasteiger charge is -2.35. The second kappa shape index (κ2) is 12.0. The van der Waals surface area contributed by atoms with Gasteiger partial charge in [0.15, 0.2) is 11.5 Å². The summed E-state index contributed by atoms with van der Waals surface area (Å²) in [5.74, 6) is 1.47. The number of hydrogen-bond acceptors (Lipinski definition) is 6. The molecule has 1 saturated heterocycles. The Labute approximate surface area is 189 Å². The summed E-state index contributed by atoms with van der Waals surface area (Å²) in [6.07, 6.45) is 0. The van der Waals surface area contributed by atoms with Crippen LogP contribution in [0.3, 0.4) is 0 Å². The van der Waals surface area contributed by atoms with E-state index in [1.54, 1.807) is 18.9 Å². The standard InChI is InChI=1S/C24H32N2O4S/c1-4-30-22-11-10-19(16-23(22)28-3)21(26-12-14-29-15-13-26)17-25-24(27)18(2)31-20-8-6-5-7-9-20/h5-11,16,18,21H,4,12-15,17H2,1-3H3,(H,25,27). The van der Waals surface area contributed by atoms with E-state index in [0.717, 1.165) is 29.3 Å². The van der Waals surface area contributed by atoms with Crippen molar-refractivity contribution in [3.63, 3.8) is 0 Å². The Hall–Kier alpha value is -2.22. The average molecular weight is 445 g/mol. The SMILES string of the molecule is CCOc1ccc(C(CNC(=O)C(C)Sc2ccccc2)N2CCOCC2)cc1OC. The van der Waals surface area contributed by atoms with Gasteiger partial charge in [0.25, 0.3) is 0 Å². The Bertz CT molecular complexity index is 828. The second-order valence-corrected chi connectivity index (χ2v) is 8.74. The first-order valence-electron chi connectivity index (χ1n) is 10.7. The van der Waals surface area contributed by atoms with Gasteiger partial charge in [-0.2, -0.15) is 0 Å². The third-order valence-electron chi connectivity index (χ3n) is 5.25. The number of thioether (sulfide) groups is 1. The number of nitrogens with zero attached hydrogens (tertiary/aromatic N) is 1. The third kappa shape index (κ3) is 6.63. The van der Waals surface area contributed by atoms with Gasteiger partial charge in [0.05, 0.1) is 38.2 Å². The molecule has 1 heterocycles. The van der Waals surface area contributed by atoms with Crippen LogP contribution in [-0.4, -0.2) is 62.6 Å². The van der Waals surface area contributed by atoms with Gasteiger partial charge in [0, 0.05) is 24.5 Å². The van der Waals surface area contributed by atoms with Crippen LogP contribution in [-0.2, 0) is 9.53 Å². The van der Waals surface area contributed by atoms with Gasteiger partial charge in [-0.1, -0.05) is 24.3 Å². The van der Waals surface area contributed by atoms with Gasteiger partial charge in [-0.3, -0.25) is 9.69 Å². The molecule has 0 saturated carbocycles. The summed E-state index contributed by atoms with van der Waals surface area (Å²) >= 11 is 1.57. The first-order chi connectivity index (χ1) is 15.1. The number of morpholine rings is 1. The predicted molar refractivity (Wildman–Crippen MR) is 124 cm³/mol. The average Bonchev–Trinajstić information content (AvgIpc) is 2.81. The Morgan fingerprint density at radius 2 is 1.90 bits per heavy atom. The molecule has 0 bridgehead atoms. The molecule has 1 aliphatic rings. The van der Waals surface area contributed by atoms with Crippen molar-refractivity contribution in [2.45, 2.75) is 30.0 Å². The lowest BCUT2D eigenvalue weighted by atomic mass is 10.0. The molecule has 2 atom stereocenters. The van der Waals surface area contributed by atoms with Gasteiger partial charge in [-0.25, -0.2) is 0 Å². The number of benzene rings is 2. The van der Waals surface area contributed by atoms with E-state index in [9.17, 15) is 4.79 Å². The molecule has 3 rings (SSSR count). The Morgan fingerprint density at radius 3 is 2.58 bits per heavy atom. The minimum absolute atomic E-state index is 0.0324. The fourth-order valence-electron chi connectivity index (χ4n) is 3.61. The monoisotopic (exact) mass is 444 g/mol. The molecule has 1 N–H and O–H groups in total. The molecule has 1 aliphatic heterocycles. The maximum Gasteiger partial charge on any atom is 0.233 e. The fraction of sp³-hybridized carbons (Fsp3) is 0.458. The van der Waals surface area contributed by atoms with Crippen LogP contribution >= 0.6 is 11.8 Å². The number of hydrogen-bond donors (Lipinski definition) is 1. The highest BCUT2D eigenvalue weighted by molar-refractivity contribution is 8.00. The van der Waals surface area contributed by atoms with Crippen molar-refractivity contribution in [1.29, 1.82) is 0 Å². The summed E-state index contributed by atoms with van der Waals surface area (Å²) in [7, 11) is 1.65. The molecule has 31 heavy (non-hydrogen) atoms. The first kappa shape index (κ1) is 23.4. The quantitative estimate of drug-likeness (QED) is 0.563. The molecule has 1 amide bonds. The third-order valence-corrected chi connectivity index (χ3v) is 6.37. The molecule has 6 nitrogen and oxygen atoms in total. The number of rotatable bonds is 10. The fourth-order valence-corrected chi connectivity index (χ4v) is 4.52. The van der Waals surface area contributed by atoms with Crippen LogP contribution in [0.5, 0.6) is 11.5 Å². The van der Waals surface area contributed by atoms with Crippen molar-refractivity contribution < 1.29 is 19.0 Å². The molecular formula is C24H32N2O4S. The van der Waals surface area contributed by atoms with Crippen LogP contribution in [0.15, 0.2) is 53.4 Å². The van der Waals surface area contributed by atoms with E-state index in [1.807, 2.05) is 56.3 Å². The summed E-state index contributed by atoms with van der Waals surface area (Å²) in [6, 6.07) is 16.1. The van der Waals surface area contributed by atoms with E-state index in [-0.39, 0.29) is 17.2 Å². The van der Waals surface area contributed by atoms with Crippen molar-refractivity contribution in [3.8, 4) is 11.5 Å². The molecule has 2 aromatic rings. The number of carbonyl (C=O) groups excluding carboxylic acids is 1. The summed E-state index contributed by atoms with van der Waals surface area (Å²) in [6.45, 7) is 8.03. The Balaban J connectivity index is 1.71. The van der Waals surface area contributed by atoms with Gasteiger partial charge in [-0.05, 0) is 43.7 Å². The van der Waals surface area contributed by atoms with Gasteiger partial charge < -0.3 is 19.5 Å². The zero-order valence-corrected chi connectivity index (χ0v) is 19.3. The second-order valence-electron chi connectivity index (χ2n) is 7.33. The van der Waals surface area contributed by atoms with Crippen LogP contribution in [0.4, 0.5) is 0 Å². The lowest BCUT2D eigenvalue weighted by Crippen LogP contribution is -2.44. The van der Waals surface area contributed by atoms with Gasteiger partial charge in [0.1, 0.15) is 0 Å². The minimum atomic E-state index is -0.178. The minimum Gasteiger partial charge on any atom is -0.493 e. The van der Waals surface area contributed by atoms with Gasteiger partial charge >= 0.3 is 0 Å². The smallest absolute Gasteiger partial charge is 0.233 e. The summed E-state index contributed by atoms with van der Waals surface area (Å²) in [5, 5.41) is 2.98. The molecule has 0 aliphatic carbocycles. The van der Waals surface area contributed by atoms with E-state index >= 15 is 0 Å². The zero-order chi connectivity index (χ0) is 22.1. The van der Waals surface area contributed by atoms with E-state index in [2.05, 4.69) is 16.3 Å². The summed E-state index contributed by atoms with van der Waals surface area (Å²) in [5.41, 5.74) is 1.09. The van der Waals surface area contributed by atoms with Crippen LogP contribution < -0.4 is 14.8 Å². The lowest BCUT2D eigenvalue weighted by molar-refractivity contribution is -0.120. The number of carbonyl (C=O) groups is 1. The molecule has 1 fully saturated rings. The number of amides is 1. The highest BCUT2D eigenvalue weighted by atomic mass is 32.2. The van der Waals surface area contributed by atoms with E-state index in [1.165, 1.54) is 0 Å². The normalized spacial score (nSPS) is 16.4. The van der Waals surface area contributed by atoms with Gasteiger partial charge in [0.2, 0.25) is 5.91 Å². The Morgan fingerprint density at radius 1 is 1.16 bits per heavy atom. The zero-order valence-electron chi connectivity index (χ0n) is 18.5. The number of ether oxygens (including phenoxy) is 3. The highest BCUT2D eigenvalue weighted by Crippen LogP contribution is 2.32. The first-order valence-corrected chi connectivity index (χ1v) is 11.6. The molecule has 2 unspecified atom stereocenters. The predicted octanol–water partition coefficient (Wildman–Crippen LogP) is 3.76. The Kier molecular flexibility index (Phi) is 9.06. The van der Waals surface area contributed by atoms with Crippen molar-refractivity contribution in [2.24, 2.45) is 0 Å². The van der Waals surface area contributed by atoms with Gasteiger partial charge in [-0.15, -0.1) is 11.8 Å². The van der Waals surface area contributed by atoms with E-state index < -0.39 is 0 Å². The summed E-state index contributed by atoms with van der Waals surface area (Å²) < 4.78 is 16.7. The molecule has 0 radical (unpaired) electrons. The molecule has 2 aromatic carbocycles. The topological polar surface area (TPSA) is 60.0 Å². The maximum absolute atomic E-state index is 12.8. The molecule has 168 valence electrons. The molecule has 0 aromatic heterocycles. The maximum atomic E-state index is 12.8. The van der Waals surface area contributed by atoms with Crippen molar-refractivity contribution in [3.05, 3.63) is 54.1 Å². The van der Waals surface area contributed by atoms with Crippen LogP contribution in [0.25, 0.3) is 0 Å². The van der Waals surface area contributed by atoms with Crippen molar-refractivity contribution in [1.82, 2.24) is 10.2 Å². The van der Waals surface area contributed by atoms with Crippen molar-refractivity contribution >= 4 is 17.7 Å². The molecule has 0 spiro atoms. The van der Waals surface area contributed by atoms with Crippen LogP contribution in [0.1, 0.15) is 25.5 Å². The van der Waals surface area contributed by atoms with E-state index in [4.69, 9.17) is 14.2 Å². The number of nitrogens with one attached hydrogen (secondary N) is 1. The molecular weight excluding hydrogens is 412 g/mol. The largest absolute Gasteiger partial charge is 0.493 e.